The highest BCUT2D eigenvalue weighted by Gasteiger charge is 2.27. The van der Waals surface area contributed by atoms with Crippen molar-refractivity contribution in [2.75, 3.05) is 19.3 Å². The van der Waals surface area contributed by atoms with E-state index in [4.69, 9.17) is 9.52 Å². The van der Waals surface area contributed by atoms with Gasteiger partial charge in [0.05, 0.1) is 11.3 Å². The van der Waals surface area contributed by atoms with Crippen LogP contribution in [0.5, 0.6) is 0 Å². The number of hydrogen-bond donors (Lipinski definition) is 1. The van der Waals surface area contributed by atoms with Crippen LogP contribution in [0.1, 0.15) is 51.0 Å². The van der Waals surface area contributed by atoms with E-state index in [1.165, 1.54) is 0 Å². The minimum Gasteiger partial charge on any atom is -0.478 e. The second-order valence-corrected chi connectivity index (χ2v) is 7.09. The summed E-state index contributed by atoms with van der Waals surface area (Å²) in [7, 11) is 0. The number of carbonyl (C=O) groups is 2. The van der Waals surface area contributed by atoms with Crippen molar-refractivity contribution in [1.29, 1.82) is 0 Å². The fraction of sp³-hybridized carbons (Fsp3) is 0.368. The third-order valence-corrected chi connectivity index (χ3v) is 5.05. The van der Waals surface area contributed by atoms with E-state index in [-0.39, 0.29) is 17.4 Å². The Hall–Kier alpha value is -2.21. The largest absolute Gasteiger partial charge is 0.478 e. The predicted octanol–water partition coefficient (Wildman–Crippen LogP) is 3.86. The summed E-state index contributed by atoms with van der Waals surface area (Å²) in [6, 6.07) is 10.6. The van der Waals surface area contributed by atoms with Crippen LogP contribution in [-0.4, -0.2) is 41.2 Å². The van der Waals surface area contributed by atoms with Gasteiger partial charge in [0.25, 0.3) is 5.91 Å². The van der Waals surface area contributed by atoms with Gasteiger partial charge in [-0.25, -0.2) is 4.79 Å². The summed E-state index contributed by atoms with van der Waals surface area (Å²) in [5.74, 6) is 1.06. The van der Waals surface area contributed by atoms with Gasteiger partial charge in [0.2, 0.25) is 0 Å². The third-order valence-electron chi connectivity index (χ3n) is 4.47. The molecule has 5 nitrogen and oxygen atoms in total. The van der Waals surface area contributed by atoms with Crippen molar-refractivity contribution < 1.29 is 19.1 Å². The summed E-state index contributed by atoms with van der Waals surface area (Å²) in [6.45, 7) is 1.28. The minimum absolute atomic E-state index is 0.0913. The molecular formula is C19H21NO4S. The van der Waals surface area contributed by atoms with E-state index in [0.29, 0.717) is 18.8 Å². The monoisotopic (exact) mass is 359 g/mol. The molecule has 1 amide bonds. The average molecular weight is 359 g/mol. The Balaban J connectivity index is 1.73. The van der Waals surface area contributed by atoms with Crippen LogP contribution in [0.4, 0.5) is 0 Å². The highest BCUT2D eigenvalue weighted by atomic mass is 32.2. The summed E-state index contributed by atoms with van der Waals surface area (Å²) in [5, 5.41) is 9.16. The molecule has 1 N–H and O–H groups in total. The SMILES string of the molecule is CSCc1ccc(C(=O)N2CCC[C@@H](c3cccc(C(=O)O)c3)C2)o1. The fourth-order valence-corrected chi connectivity index (χ4v) is 3.67. The van der Waals surface area contributed by atoms with Gasteiger partial charge < -0.3 is 14.4 Å². The lowest BCUT2D eigenvalue weighted by molar-refractivity contribution is 0.0668. The highest BCUT2D eigenvalue weighted by Crippen LogP contribution is 2.28. The molecular weight excluding hydrogens is 338 g/mol. The van der Waals surface area contributed by atoms with Crippen LogP contribution in [0.3, 0.4) is 0 Å². The Morgan fingerprint density at radius 1 is 1.32 bits per heavy atom. The van der Waals surface area contributed by atoms with Crippen molar-refractivity contribution in [3.8, 4) is 0 Å². The molecule has 1 aromatic carbocycles. The van der Waals surface area contributed by atoms with Gasteiger partial charge >= 0.3 is 5.97 Å². The molecule has 1 saturated heterocycles. The standard InChI is InChI=1S/C19H21NO4S/c1-25-12-16-7-8-17(24-16)18(21)20-9-3-6-15(11-20)13-4-2-5-14(10-13)19(22)23/h2,4-5,7-8,10,15H,3,6,9,11-12H2,1H3,(H,22,23)/t15-/m1/s1. The Labute approximate surface area is 151 Å². The zero-order chi connectivity index (χ0) is 17.8. The molecule has 132 valence electrons. The average Bonchev–Trinajstić information content (AvgIpc) is 3.10. The zero-order valence-corrected chi connectivity index (χ0v) is 14.9. The van der Waals surface area contributed by atoms with Gasteiger partial charge in [0.15, 0.2) is 5.76 Å². The Morgan fingerprint density at radius 3 is 2.92 bits per heavy atom. The maximum atomic E-state index is 12.7. The summed E-state index contributed by atoms with van der Waals surface area (Å²) in [5.41, 5.74) is 1.26. The number of aromatic carboxylic acids is 1. The van der Waals surface area contributed by atoms with E-state index in [9.17, 15) is 9.59 Å². The number of nitrogens with zero attached hydrogens (tertiary/aromatic N) is 1. The first kappa shape index (κ1) is 17.6. The van der Waals surface area contributed by atoms with Gasteiger partial charge in [0, 0.05) is 19.0 Å². The minimum atomic E-state index is -0.928. The number of amides is 1. The van der Waals surface area contributed by atoms with E-state index >= 15 is 0 Å². The van der Waals surface area contributed by atoms with Gasteiger partial charge in [-0.2, -0.15) is 11.8 Å². The highest BCUT2D eigenvalue weighted by molar-refractivity contribution is 7.97. The van der Waals surface area contributed by atoms with Gasteiger partial charge in [-0.15, -0.1) is 0 Å². The smallest absolute Gasteiger partial charge is 0.335 e. The maximum absolute atomic E-state index is 12.7. The molecule has 0 bridgehead atoms. The fourth-order valence-electron chi connectivity index (χ4n) is 3.23. The molecule has 25 heavy (non-hydrogen) atoms. The second kappa shape index (κ2) is 7.78. The lowest BCUT2D eigenvalue weighted by atomic mass is 9.89. The second-order valence-electron chi connectivity index (χ2n) is 6.22. The van der Waals surface area contributed by atoms with Gasteiger partial charge in [-0.1, -0.05) is 12.1 Å². The van der Waals surface area contributed by atoms with Crippen molar-refractivity contribution in [3.05, 3.63) is 59.0 Å². The van der Waals surface area contributed by atoms with Crippen molar-refractivity contribution in [3.63, 3.8) is 0 Å². The topological polar surface area (TPSA) is 70.8 Å². The number of piperidine rings is 1. The molecule has 2 heterocycles. The Bertz CT molecular complexity index is 770. The van der Waals surface area contributed by atoms with E-state index in [1.807, 2.05) is 23.3 Å². The molecule has 2 aromatic rings. The number of carbonyl (C=O) groups excluding carboxylic acids is 1. The van der Waals surface area contributed by atoms with Crippen LogP contribution < -0.4 is 0 Å². The first-order valence-electron chi connectivity index (χ1n) is 8.28. The number of carboxylic acid groups (broad SMARTS) is 1. The summed E-state index contributed by atoms with van der Waals surface area (Å²) in [4.78, 5) is 25.7. The lowest BCUT2D eigenvalue weighted by Gasteiger charge is -2.32. The molecule has 3 rings (SSSR count). The number of thioether (sulfide) groups is 1. The molecule has 1 aliphatic rings. The molecule has 0 aliphatic carbocycles. The van der Waals surface area contributed by atoms with Gasteiger partial charge in [-0.3, -0.25) is 4.79 Å². The van der Waals surface area contributed by atoms with Gasteiger partial charge in [-0.05, 0) is 48.9 Å². The van der Waals surface area contributed by atoms with Crippen LogP contribution in [0.25, 0.3) is 0 Å². The Kier molecular flexibility index (Phi) is 5.48. The summed E-state index contributed by atoms with van der Waals surface area (Å²) in [6.07, 6.45) is 3.83. The first-order chi connectivity index (χ1) is 12.1. The quantitative estimate of drug-likeness (QED) is 0.878. The van der Waals surface area contributed by atoms with Crippen LogP contribution in [0, 0.1) is 0 Å². The van der Waals surface area contributed by atoms with E-state index in [2.05, 4.69) is 0 Å². The van der Waals surface area contributed by atoms with Crippen LogP contribution in [-0.2, 0) is 5.75 Å². The predicted molar refractivity (Wildman–Crippen MR) is 97.2 cm³/mol. The van der Waals surface area contributed by atoms with Crippen molar-refractivity contribution >= 4 is 23.6 Å². The zero-order valence-electron chi connectivity index (χ0n) is 14.1. The number of benzene rings is 1. The number of likely N-dealkylation sites (tertiary alicyclic amines) is 1. The van der Waals surface area contributed by atoms with E-state index < -0.39 is 5.97 Å². The van der Waals surface area contributed by atoms with E-state index in [0.717, 1.165) is 29.9 Å². The van der Waals surface area contributed by atoms with Crippen molar-refractivity contribution in [2.24, 2.45) is 0 Å². The van der Waals surface area contributed by atoms with E-state index in [1.54, 1.807) is 36.0 Å². The van der Waals surface area contributed by atoms with Crippen molar-refractivity contribution in [1.82, 2.24) is 4.90 Å². The van der Waals surface area contributed by atoms with Crippen LogP contribution in [0.15, 0.2) is 40.8 Å². The number of hydrogen-bond acceptors (Lipinski definition) is 4. The first-order valence-corrected chi connectivity index (χ1v) is 9.68. The molecule has 1 aromatic heterocycles. The number of furan rings is 1. The van der Waals surface area contributed by atoms with Gasteiger partial charge in [0.1, 0.15) is 5.76 Å². The normalized spacial score (nSPS) is 17.5. The number of rotatable bonds is 5. The lowest BCUT2D eigenvalue weighted by Crippen LogP contribution is -2.39. The molecule has 1 atom stereocenters. The molecule has 6 heteroatoms. The van der Waals surface area contributed by atoms with Crippen LogP contribution in [0.2, 0.25) is 0 Å². The molecule has 0 unspecified atom stereocenters. The Morgan fingerprint density at radius 2 is 2.16 bits per heavy atom. The molecule has 1 fully saturated rings. The maximum Gasteiger partial charge on any atom is 0.335 e. The molecule has 1 aliphatic heterocycles. The molecule has 0 radical (unpaired) electrons. The third kappa shape index (κ3) is 4.07. The number of carboxylic acids is 1. The van der Waals surface area contributed by atoms with Crippen molar-refractivity contribution in [2.45, 2.75) is 24.5 Å². The summed E-state index contributed by atoms with van der Waals surface area (Å²) >= 11 is 1.65. The van der Waals surface area contributed by atoms with Crippen LogP contribution >= 0.6 is 11.8 Å². The summed E-state index contributed by atoms with van der Waals surface area (Å²) < 4.78 is 5.64. The molecule has 0 saturated carbocycles. The molecule has 0 spiro atoms.